The molecular formula is C17H23NO4. The molecule has 0 atom stereocenters. The second-order valence-electron chi connectivity index (χ2n) is 5.79. The zero-order valence-corrected chi connectivity index (χ0v) is 12.9. The number of benzene rings is 1. The minimum Gasteiger partial charge on any atom is -0.491 e. The molecule has 0 unspecified atom stereocenters. The third-order valence-corrected chi connectivity index (χ3v) is 4.20. The van der Waals surface area contributed by atoms with Crippen molar-refractivity contribution in [1.82, 2.24) is 5.32 Å². The van der Waals surface area contributed by atoms with Gasteiger partial charge in [0.05, 0.1) is 12.5 Å². The molecule has 1 saturated carbocycles. The average molecular weight is 305 g/mol. The van der Waals surface area contributed by atoms with Gasteiger partial charge in [-0.1, -0.05) is 18.2 Å². The van der Waals surface area contributed by atoms with Crippen LogP contribution in [0.3, 0.4) is 0 Å². The van der Waals surface area contributed by atoms with Crippen LogP contribution in [0.15, 0.2) is 24.3 Å². The Morgan fingerprint density at radius 3 is 2.45 bits per heavy atom. The van der Waals surface area contributed by atoms with Crippen LogP contribution in [0.4, 0.5) is 0 Å². The van der Waals surface area contributed by atoms with Crippen LogP contribution in [0.25, 0.3) is 0 Å². The molecule has 5 nitrogen and oxygen atoms in total. The smallest absolute Gasteiger partial charge is 0.306 e. The maximum Gasteiger partial charge on any atom is 0.306 e. The van der Waals surface area contributed by atoms with Gasteiger partial charge in [0.25, 0.3) is 0 Å². The summed E-state index contributed by atoms with van der Waals surface area (Å²) in [6.45, 7) is 2.88. The topological polar surface area (TPSA) is 75.6 Å². The Morgan fingerprint density at radius 1 is 1.18 bits per heavy atom. The number of hydrogen-bond donors (Lipinski definition) is 2. The molecule has 0 heterocycles. The number of aliphatic carboxylic acids is 1. The highest BCUT2D eigenvalue weighted by atomic mass is 16.5. The van der Waals surface area contributed by atoms with E-state index in [1.807, 2.05) is 31.2 Å². The zero-order valence-electron chi connectivity index (χ0n) is 12.9. The lowest BCUT2D eigenvalue weighted by Crippen LogP contribution is -2.36. The summed E-state index contributed by atoms with van der Waals surface area (Å²) < 4.78 is 5.63. The molecule has 0 radical (unpaired) electrons. The van der Waals surface area contributed by atoms with Crippen LogP contribution in [0.5, 0.6) is 5.75 Å². The molecule has 120 valence electrons. The summed E-state index contributed by atoms with van der Waals surface area (Å²) in [5.74, 6) is -0.246. The standard InChI is InChI=1S/C17H23NO4/c1-12-4-2-3-5-15(12)22-11-10-18-16(19)13-6-8-14(9-7-13)17(20)21/h2-5,13-14H,6-11H2,1H3,(H,18,19)(H,20,21). The van der Waals surface area contributed by atoms with Gasteiger partial charge in [-0.2, -0.15) is 0 Å². The van der Waals surface area contributed by atoms with Crippen molar-refractivity contribution in [3.8, 4) is 5.75 Å². The molecule has 1 aromatic rings. The fourth-order valence-electron chi connectivity index (χ4n) is 2.80. The number of hydrogen-bond acceptors (Lipinski definition) is 3. The van der Waals surface area contributed by atoms with Crippen molar-refractivity contribution in [2.24, 2.45) is 11.8 Å². The van der Waals surface area contributed by atoms with Gasteiger partial charge in [-0.25, -0.2) is 0 Å². The molecule has 2 rings (SSSR count). The number of carbonyl (C=O) groups excluding carboxylic acids is 1. The quantitative estimate of drug-likeness (QED) is 0.791. The Bertz CT molecular complexity index is 521. The minimum atomic E-state index is -0.745. The van der Waals surface area contributed by atoms with Crippen molar-refractivity contribution < 1.29 is 19.4 Å². The van der Waals surface area contributed by atoms with Gasteiger partial charge in [-0.05, 0) is 44.2 Å². The molecular weight excluding hydrogens is 282 g/mol. The summed E-state index contributed by atoms with van der Waals surface area (Å²) in [7, 11) is 0. The average Bonchev–Trinajstić information content (AvgIpc) is 2.53. The van der Waals surface area contributed by atoms with E-state index in [0.29, 0.717) is 38.8 Å². The fourth-order valence-corrected chi connectivity index (χ4v) is 2.80. The number of carbonyl (C=O) groups is 2. The summed E-state index contributed by atoms with van der Waals surface area (Å²) in [6.07, 6.45) is 2.49. The number of amides is 1. The molecule has 0 spiro atoms. The van der Waals surface area contributed by atoms with E-state index in [-0.39, 0.29) is 17.7 Å². The Morgan fingerprint density at radius 2 is 1.82 bits per heavy atom. The van der Waals surface area contributed by atoms with E-state index in [4.69, 9.17) is 9.84 Å². The van der Waals surface area contributed by atoms with Crippen molar-refractivity contribution in [2.45, 2.75) is 32.6 Å². The molecule has 5 heteroatoms. The molecule has 1 fully saturated rings. The van der Waals surface area contributed by atoms with Crippen molar-refractivity contribution in [3.05, 3.63) is 29.8 Å². The van der Waals surface area contributed by atoms with E-state index in [2.05, 4.69) is 5.32 Å². The number of carboxylic acids is 1. The zero-order chi connectivity index (χ0) is 15.9. The van der Waals surface area contributed by atoms with Crippen LogP contribution >= 0.6 is 0 Å². The van der Waals surface area contributed by atoms with Crippen molar-refractivity contribution >= 4 is 11.9 Å². The summed E-state index contributed by atoms with van der Waals surface area (Å²) in [5.41, 5.74) is 1.07. The Kier molecular flexibility index (Phi) is 5.81. The largest absolute Gasteiger partial charge is 0.491 e. The highest BCUT2D eigenvalue weighted by Crippen LogP contribution is 2.28. The number of para-hydroxylation sites is 1. The second kappa shape index (κ2) is 7.82. The summed E-state index contributed by atoms with van der Waals surface area (Å²) >= 11 is 0. The van der Waals surface area contributed by atoms with Gasteiger partial charge in [0.15, 0.2) is 0 Å². The number of aryl methyl sites for hydroxylation is 1. The lowest BCUT2D eigenvalue weighted by molar-refractivity contribution is -0.144. The van der Waals surface area contributed by atoms with Crippen LogP contribution in [0.1, 0.15) is 31.2 Å². The van der Waals surface area contributed by atoms with Crippen LogP contribution in [-0.4, -0.2) is 30.1 Å². The van der Waals surface area contributed by atoms with Gasteiger partial charge in [0.2, 0.25) is 5.91 Å². The fraction of sp³-hybridized carbons (Fsp3) is 0.529. The van der Waals surface area contributed by atoms with E-state index in [1.54, 1.807) is 0 Å². The molecule has 2 N–H and O–H groups in total. The van der Waals surface area contributed by atoms with E-state index < -0.39 is 5.97 Å². The van der Waals surface area contributed by atoms with Gasteiger partial charge in [0.1, 0.15) is 12.4 Å². The van der Waals surface area contributed by atoms with Gasteiger partial charge in [0, 0.05) is 5.92 Å². The lowest BCUT2D eigenvalue weighted by atomic mass is 9.81. The molecule has 1 amide bonds. The monoisotopic (exact) mass is 305 g/mol. The van der Waals surface area contributed by atoms with Crippen molar-refractivity contribution in [3.63, 3.8) is 0 Å². The normalized spacial score (nSPS) is 21.1. The van der Waals surface area contributed by atoms with E-state index in [0.717, 1.165) is 11.3 Å². The summed E-state index contributed by atoms with van der Waals surface area (Å²) in [5, 5.41) is 11.8. The molecule has 1 aliphatic carbocycles. The third kappa shape index (κ3) is 4.48. The van der Waals surface area contributed by atoms with Gasteiger partial charge in [-0.15, -0.1) is 0 Å². The predicted molar refractivity (Wildman–Crippen MR) is 82.8 cm³/mol. The Hall–Kier alpha value is -2.04. The second-order valence-corrected chi connectivity index (χ2v) is 5.79. The van der Waals surface area contributed by atoms with E-state index in [1.165, 1.54) is 0 Å². The maximum absolute atomic E-state index is 12.0. The van der Waals surface area contributed by atoms with Gasteiger partial charge >= 0.3 is 5.97 Å². The first-order chi connectivity index (χ1) is 10.6. The highest BCUT2D eigenvalue weighted by molar-refractivity contribution is 5.79. The van der Waals surface area contributed by atoms with Crippen LogP contribution in [0.2, 0.25) is 0 Å². The van der Waals surface area contributed by atoms with Crippen LogP contribution in [0, 0.1) is 18.8 Å². The first-order valence-corrected chi connectivity index (χ1v) is 7.77. The van der Waals surface area contributed by atoms with Crippen molar-refractivity contribution in [1.29, 1.82) is 0 Å². The highest BCUT2D eigenvalue weighted by Gasteiger charge is 2.29. The van der Waals surface area contributed by atoms with Crippen LogP contribution in [-0.2, 0) is 9.59 Å². The first kappa shape index (κ1) is 16.3. The predicted octanol–water partition coefficient (Wildman–Crippen LogP) is 2.38. The van der Waals surface area contributed by atoms with Crippen LogP contribution < -0.4 is 10.1 Å². The van der Waals surface area contributed by atoms with E-state index in [9.17, 15) is 9.59 Å². The first-order valence-electron chi connectivity index (χ1n) is 7.77. The summed E-state index contributed by atoms with van der Waals surface area (Å²) in [6, 6.07) is 7.76. The maximum atomic E-state index is 12.0. The molecule has 0 aliphatic heterocycles. The number of rotatable bonds is 6. The molecule has 0 aromatic heterocycles. The Balaban J connectivity index is 1.66. The minimum absolute atomic E-state index is 0.0113. The lowest BCUT2D eigenvalue weighted by Gasteiger charge is -2.25. The SMILES string of the molecule is Cc1ccccc1OCCNC(=O)C1CCC(C(=O)O)CC1. The molecule has 1 aliphatic rings. The summed E-state index contributed by atoms with van der Waals surface area (Å²) in [4.78, 5) is 22.9. The molecule has 22 heavy (non-hydrogen) atoms. The number of nitrogens with one attached hydrogen (secondary N) is 1. The molecule has 1 aromatic carbocycles. The molecule has 0 bridgehead atoms. The number of carboxylic acid groups (broad SMARTS) is 1. The molecule has 0 saturated heterocycles. The van der Waals surface area contributed by atoms with E-state index >= 15 is 0 Å². The third-order valence-electron chi connectivity index (χ3n) is 4.20. The Labute approximate surface area is 130 Å². The van der Waals surface area contributed by atoms with Gasteiger partial charge < -0.3 is 15.2 Å². The van der Waals surface area contributed by atoms with Crippen molar-refractivity contribution in [2.75, 3.05) is 13.2 Å². The van der Waals surface area contributed by atoms with Gasteiger partial charge in [-0.3, -0.25) is 9.59 Å². The number of ether oxygens (including phenoxy) is 1.